The molecule has 1 N–H and O–H groups in total. The van der Waals surface area contributed by atoms with Crippen LogP contribution < -0.4 is 5.32 Å². The zero-order valence-corrected chi connectivity index (χ0v) is 9.45. The van der Waals surface area contributed by atoms with Gasteiger partial charge in [-0.3, -0.25) is 0 Å². The lowest BCUT2D eigenvalue weighted by Gasteiger charge is -2.13. The van der Waals surface area contributed by atoms with E-state index in [0.717, 1.165) is 32.7 Å². The maximum absolute atomic E-state index is 5.42. The predicted octanol–water partition coefficient (Wildman–Crippen LogP) is 2.32. The molecule has 1 aliphatic rings. The molecule has 0 radical (unpaired) electrons. The highest BCUT2D eigenvalue weighted by Crippen LogP contribution is 2.27. The van der Waals surface area contributed by atoms with Crippen molar-refractivity contribution in [1.29, 1.82) is 0 Å². The average molecular weight is 211 g/mol. The van der Waals surface area contributed by atoms with Crippen LogP contribution in [0, 0.1) is 0 Å². The zero-order chi connectivity index (χ0) is 9.80. The molecule has 0 atom stereocenters. The summed E-state index contributed by atoms with van der Waals surface area (Å²) in [6.45, 7) is 6.06. The molecule has 2 rings (SSSR count). The minimum absolute atomic E-state index is 0.827. The summed E-state index contributed by atoms with van der Waals surface area (Å²) < 4.78 is 5.42. The largest absolute Gasteiger partial charge is 0.376 e. The molecule has 0 unspecified atom stereocenters. The highest BCUT2D eigenvalue weighted by atomic mass is 32.1. The van der Waals surface area contributed by atoms with E-state index in [-0.39, 0.29) is 0 Å². The third kappa shape index (κ3) is 2.16. The number of hydrogen-bond acceptors (Lipinski definition) is 3. The Morgan fingerprint density at radius 3 is 3.36 bits per heavy atom. The molecule has 0 saturated carbocycles. The van der Waals surface area contributed by atoms with Gasteiger partial charge in [0.05, 0.1) is 13.2 Å². The number of thiophene rings is 1. The summed E-state index contributed by atoms with van der Waals surface area (Å²) in [7, 11) is 0. The standard InChI is InChI=1S/C11H17NOS/c1-2-4-12-6-9-8-14-11-7-13-5-3-10(9)11/h8,12H,2-7H2,1H3. The van der Waals surface area contributed by atoms with Crippen molar-refractivity contribution in [3.05, 3.63) is 21.4 Å². The van der Waals surface area contributed by atoms with Gasteiger partial charge in [0.1, 0.15) is 0 Å². The van der Waals surface area contributed by atoms with Crippen LogP contribution in [0.2, 0.25) is 0 Å². The first-order chi connectivity index (χ1) is 6.92. The van der Waals surface area contributed by atoms with E-state index >= 15 is 0 Å². The Balaban J connectivity index is 1.99. The van der Waals surface area contributed by atoms with Gasteiger partial charge in [0.15, 0.2) is 0 Å². The molecule has 2 nitrogen and oxygen atoms in total. The molecular weight excluding hydrogens is 194 g/mol. The highest BCUT2D eigenvalue weighted by Gasteiger charge is 2.14. The second-order valence-electron chi connectivity index (χ2n) is 3.64. The lowest BCUT2D eigenvalue weighted by atomic mass is 10.1. The molecule has 1 aromatic heterocycles. The topological polar surface area (TPSA) is 21.3 Å². The number of nitrogens with one attached hydrogen (secondary N) is 1. The Morgan fingerprint density at radius 2 is 2.50 bits per heavy atom. The Hall–Kier alpha value is -0.380. The highest BCUT2D eigenvalue weighted by molar-refractivity contribution is 7.10. The van der Waals surface area contributed by atoms with Crippen LogP contribution in [-0.2, 0) is 24.3 Å². The molecule has 0 fully saturated rings. The third-order valence-corrected chi connectivity index (χ3v) is 3.59. The van der Waals surface area contributed by atoms with Crippen molar-refractivity contribution in [3.63, 3.8) is 0 Å². The monoisotopic (exact) mass is 211 g/mol. The van der Waals surface area contributed by atoms with Crippen LogP contribution in [0.1, 0.15) is 29.3 Å². The van der Waals surface area contributed by atoms with Gasteiger partial charge in [-0.2, -0.15) is 0 Å². The lowest BCUT2D eigenvalue weighted by Crippen LogP contribution is -2.16. The van der Waals surface area contributed by atoms with Crippen molar-refractivity contribution in [2.24, 2.45) is 0 Å². The van der Waals surface area contributed by atoms with Gasteiger partial charge < -0.3 is 10.1 Å². The van der Waals surface area contributed by atoms with E-state index in [0.29, 0.717) is 0 Å². The van der Waals surface area contributed by atoms with Crippen LogP contribution in [0.5, 0.6) is 0 Å². The van der Waals surface area contributed by atoms with Crippen LogP contribution in [0.15, 0.2) is 5.38 Å². The SMILES string of the molecule is CCCNCc1csc2c1CCOC2. The molecular formula is C11H17NOS. The fraction of sp³-hybridized carbons (Fsp3) is 0.636. The average Bonchev–Trinajstić information content (AvgIpc) is 2.63. The fourth-order valence-corrected chi connectivity index (χ4v) is 2.81. The number of hydrogen-bond donors (Lipinski definition) is 1. The molecule has 0 aliphatic carbocycles. The second kappa shape index (κ2) is 4.91. The van der Waals surface area contributed by atoms with E-state index in [1.54, 1.807) is 5.56 Å². The molecule has 0 amide bonds. The summed E-state index contributed by atoms with van der Waals surface area (Å²) in [5.41, 5.74) is 3.03. The number of rotatable bonds is 4. The van der Waals surface area contributed by atoms with E-state index < -0.39 is 0 Å². The smallest absolute Gasteiger partial charge is 0.0812 e. The minimum Gasteiger partial charge on any atom is -0.376 e. The summed E-state index contributed by atoms with van der Waals surface area (Å²) >= 11 is 1.85. The summed E-state index contributed by atoms with van der Waals surface area (Å²) in [4.78, 5) is 1.43. The van der Waals surface area contributed by atoms with E-state index in [2.05, 4.69) is 17.6 Å². The van der Waals surface area contributed by atoms with Crippen molar-refractivity contribution in [2.75, 3.05) is 13.2 Å². The van der Waals surface area contributed by atoms with E-state index in [9.17, 15) is 0 Å². The van der Waals surface area contributed by atoms with Gasteiger partial charge in [0.2, 0.25) is 0 Å². The number of fused-ring (bicyclic) bond motifs is 1. The van der Waals surface area contributed by atoms with Gasteiger partial charge in [-0.05, 0) is 35.9 Å². The maximum atomic E-state index is 5.42. The van der Waals surface area contributed by atoms with Gasteiger partial charge in [0.25, 0.3) is 0 Å². The van der Waals surface area contributed by atoms with E-state index in [1.165, 1.54) is 16.9 Å². The van der Waals surface area contributed by atoms with Gasteiger partial charge in [-0.25, -0.2) is 0 Å². The number of ether oxygens (including phenoxy) is 1. The van der Waals surface area contributed by atoms with Gasteiger partial charge in [-0.1, -0.05) is 6.92 Å². The fourth-order valence-electron chi connectivity index (χ4n) is 1.77. The second-order valence-corrected chi connectivity index (χ2v) is 4.61. The Bertz CT molecular complexity index is 295. The predicted molar refractivity (Wildman–Crippen MR) is 59.7 cm³/mol. The Kier molecular flexibility index (Phi) is 3.56. The zero-order valence-electron chi connectivity index (χ0n) is 8.64. The molecule has 14 heavy (non-hydrogen) atoms. The van der Waals surface area contributed by atoms with Crippen molar-refractivity contribution < 1.29 is 4.74 Å². The summed E-state index contributed by atoms with van der Waals surface area (Å²) in [6.07, 6.45) is 2.30. The van der Waals surface area contributed by atoms with E-state index in [4.69, 9.17) is 4.74 Å². The molecule has 0 aromatic carbocycles. The van der Waals surface area contributed by atoms with E-state index in [1.807, 2.05) is 11.3 Å². The first-order valence-corrected chi connectivity index (χ1v) is 6.16. The third-order valence-electron chi connectivity index (χ3n) is 2.54. The summed E-state index contributed by atoms with van der Waals surface area (Å²) in [5, 5.41) is 5.73. The molecule has 0 spiro atoms. The molecule has 0 bridgehead atoms. The summed E-state index contributed by atoms with van der Waals surface area (Å²) in [6, 6.07) is 0. The molecule has 2 heterocycles. The van der Waals surface area contributed by atoms with Crippen LogP contribution >= 0.6 is 11.3 Å². The Morgan fingerprint density at radius 1 is 1.57 bits per heavy atom. The van der Waals surface area contributed by atoms with Gasteiger partial charge >= 0.3 is 0 Å². The molecule has 78 valence electrons. The van der Waals surface area contributed by atoms with Crippen LogP contribution in [0.25, 0.3) is 0 Å². The Labute approximate surface area is 89.3 Å². The first kappa shape index (κ1) is 10.1. The van der Waals surface area contributed by atoms with Gasteiger partial charge in [-0.15, -0.1) is 11.3 Å². The van der Waals surface area contributed by atoms with Crippen LogP contribution in [0.4, 0.5) is 0 Å². The molecule has 3 heteroatoms. The van der Waals surface area contributed by atoms with Crippen LogP contribution in [-0.4, -0.2) is 13.2 Å². The minimum atomic E-state index is 0.827. The molecule has 0 saturated heterocycles. The van der Waals surface area contributed by atoms with Crippen molar-refractivity contribution in [3.8, 4) is 0 Å². The maximum Gasteiger partial charge on any atom is 0.0812 e. The first-order valence-electron chi connectivity index (χ1n) is 5.28. The lowest BCUT2D eigenvalue weighted by molar-refractivity contribution is 0.113. The molecule has 1 aromatic rings. The summed E-state index contributed by atoms with van der Waals surface area (Å²) in [5.74, 6) is 0. The quantitative estimate of drug-likeness (QED) is 0.772. The van der Waals surface area contributed by atoms with Gasteiger partial charge in [0, 0.05) is 11.4 Å². The van der Waals surface area contributed by atoms with Crippen molar-refractivity contribution in [2.45, 2.75) is 32.9 Å². The van der Waals surface area contributed by atoms with Crippen LogP contribution in [0.3, 0.4) is 0 Å². The van der Waals surface area contributed by atoms with Crippen molar-refractivity contribution >= 4 is 11.3 Å². The van der Waals surface area contributed by atoms with Crippen molar-refractivity contribution in [1.82, 2.24) is 5.32 Å². The molecule has 1 aliphatic heterocycles. The normalized spacial score (nSPS) is 15.5.